The Balaban J connectivity index is 1.48. The van der Waals surface area contributed by atoms with E-state index in [9.17, 15) is 9.59 Å². The number of aryl methyl sites for hydroxylation is 1. The molecule has 2 aromatic rings. The van der Waals surface area contributed by atoms with Gasteiger partial charge in [-0.25, -0.2) is 4.98 Å². The summed E-state index contributed by atoms with van der Waals surface area (Å²) >= 11 is 0. The second-order valence-electron chi connectivity index (χ2n) is 6.05. The minimum atomic E-state index is -0.0841. The molecular formula is C18H22N4O3. The lowest BCUT2D eigenvalue weighted by Gasteiger charge is -2.25. The third kappa shape index (κ3) is 4.67. The highest BCUT2D eigenvalue weighted by Gasteiger charge is 2.18. The average molecular weight is 342 g/mol. The van der Waals surface area contributed by atoms with Crippen molar-refractivity contribution in [2.75, 3.05) is 32.7 Å². The molecular weight excluding hydrogens is 320 g/mol. The molecule has 3 rings (SSSR count). The van der Waals surface area contributed by atoms with Gasteiger partial charge in [0.25, 0.3) is 0 Å². The van der Waals surface area contributed by atoms with Crippen molar-refractivity contribution in [1.82, 2.24) is 20.5 Å². The predicted molar refractivity (Wildman–Crippen MR) is 92.8 cm³/mol. The number of nitrogens with one attached hydrogen (secondary N) is 2. The van der Waals surface area contributed by atoms with E-state index in [-0.39, 0.29) is 24.9 Å². The van der Waals surface area contributed by atoms with Crippen LogP contribution < -0.4 is 10.6 Å². The Morgan fingerprint density at radius 3 is 2.92 bits per heavy atom. The van der Waals surface area contributed by atoms with Gasteiger partial charge in [0.1, 0.15) is 5.76 Å². The maximum atomic E-state index is 12.0. The Labute approximate surface area is 146 Å². The van der Waals surface area contributed by atoms with Crippen LogP contribution in [-0.4, -0.2) is 54.4 Å². The first-order valence-corrected chi connectivity index (χ1v) is 8.39. The quantitative estimate of drug-likeness (QED) is 0.808. The van der Waals surface area contributed by atoms with Crippen LogP contribution in [0.1, 0.15) is 11.5 Å². The number of nitrogens with zero attached hydrogens (tertiary/aromatic N) is 2. The maximum absolute atomic E-state index is 12.0. The van der Waals surface area contributed by atoms with E-state index < -0.39 is 0 Å². The molecule has 7 nitrogen and oxygen atoms in total. The summed E-state index contributed by atoms with van der Waals surface area (Å²) in [5.41, 5.74) is 1.78. The minimum Gasteiger partial charge on any atom is -0.441 e. The number of rotatable bonds is 6. The van der Waals surface area contributed by atoms with Crippen LogP contribution >= 0.6 is 0 Å². The molecule has 0 saturated carbocycles. The van der Waals surface area contributed by atoms with Gasteiger partial charge in [0, 0.05) is 31.6 Å². The normalized spacial score (nSPS) is 15.0. The second kappa shape index (κ2) is 7.94. The summed E-state index contributed by atoms with van der Waals surface area (Å²) in [6.07, 6.45) is 0.606. The molecule has 1 aromatic carbocycles. The SMILES string of the molecule is Cc1oc(-c2ccccc2)nc1CCNC(=O)CN1CCNC(=O)C1. The van der Waals surface area contributed by atoms with Gasteiger partial charge in [-0.2, -0.15) is 0 Å². The van der Waals surface area contributed by atoms with Crippen LogP contribution in [0.4, 0.5) is 0 Å². The van der Waals surface area contributed by atoms with Gasteiger partial charge in [0.05, 0.1) is 18.8 Å². The highest BCUT2D eigenvalue weighted by molar-refractivity contribution is 5.81. The molecule has 132 valence electrons. The van der Waals surface area contributed by atoms with Gasteiger partial charge in [-0.1, -0.05) is 18.2 Å². The van der Waals surface area contributed by atoms with Crippen molar-refractivity contribution in [2.45, 2.75) is 13.3 Å². The smallest absolute Gasteiger partial charge is 0.234 e. The second-order valence-corrected chi connectivity index (χ2v) is 6.05. The molecule has 0 spiro atoms. The van der Waals surface area contributed by atoms with Crippen LogP contribution in [0.25, 0.3) is 11.5 Å². The predicted octanol–water partition coefficient (Wildman–Crippen LogP) is 0.741. The number of benzene rings is 1. The standard InChI is InChI=1S/C18H22N4O3/c1-13-15(21-18(25-13)14-5-3-2-4-6-14)7-8-19-16(23)11-22-10-9-20-17(24)12-22/h2-6H,7-12H2,1H3,(H,19,23)(H,20,24). The topological polar surface area (TPSA) is 87.5 Å². The number of hydrogen-bond donors (Lipinski definition) is 2. The Morgan fingerprint density at radius 1 is 1.36 bits per heavy atom. The Morgan fingerprint density at radius 2 is 2.16 bits per heavy atom. The molecule has 2 N–H and O–H groups in total. The number of hydrogen-bond acceptors (Lipinski definition) is 5. The Hall–Kier alpha value is -2.67. The molecule has 7 heteroatoms. The molecule has 1 aliphatic rings. The Bertz CT molecular complexity index is 742. The fourth-order valence-electron chi connectivity index (χ4n) is 2.77. The zero-order chi connectivity index (χ0) is 17.6. The molecule has 0 aliphatic carbocycles. The lowest BCUT2D eigenvalue weighted by Crippen LogP contribution is -2.50. The zero-order valence-electron chi connectivity index (χ0n) is 14.2. The van der Waals surface area contributed by atoms with Crippen LogP contribution in [0.2, 0.25) is 0 Å². The van der Waals surface area contributed by atoms with Gasteiger partial charge >= 0.3 is 0 Å². The van der Waals surface area contributed by atoms with Crippen LogP contribution in [0.3, 0.4) is 0 Å². The summed E-state index contributed by atoms with van der Waals surface area (Å²) < 4.78 is 5.72. The molecule has 0 atom stereocenters. The highest BCUT2D eigenvalue weighted by atomic mass is 16.4. The summed E-state index contributed by atoms with van der Waals surface area (Å²) in [7, 11) is 0. The summed E-state index contributed by atoms with van der Waals surface area (Å²) in [6.45, 7) is 4.16. The first-order valence-electron chi connectivity index (χ1n) is 8.39. The molecule has 2 amide bonds. The monoisotopic (exact) mass is 342 g/mol. The van der Waals surface area contributed by atoms with E-state index in [1.165, 1.54) is 0 Å². The third-order valence-corrected chi connectivity index (χ3v) is 4.08. The van der Waals surface area contributed by atoms with E-state index in [1.54, 1.807) is 0 Å². The van der Waals surface area contributed by atoms with Gasteiger partial charge < -0.3 is 15.1 Å². The van der Waals surface area contributed by atoms with Crippen molar-refractivity contribution in [1.29, 1.82) is 0 Å². The van der Waals surface area contributed by atoms with Crippen molar-refractivity contribution in [3.05, 3.63) is 41.8 Å². The van der Waals surface area contributed by atoms with Crippen molar-refractivity contribution < 1.29 is 14.0 Å². The fourth-order valence-corrected chi connectivity index (χ4v) is 2.77. The number of oxazole rings is 1. The highest BCUT2D eigenvalue weighted by Crippen LogP contribution is 2.21. The van der Waals surface area contributed by atoms with Gasteiger partial charge in [0.15, 0.2) is 0 Å². The molecule has 1 fully saturated rings. The Kier molecular flexibility index (Phi) is 5.45. The van der Waals surface area contributed by atoms with Gasteiger partial charge in [-0.3, -0.25) is 14.5 Å². The molecule has 0 unspecified atom stereocenters. The van der Waals surface area contributed by atoms with Gasteiger partial charge in [-0.15, -0.1) is 0 Å². The van der Waals surface area contributed by atoms with Crippen LogP contribution in [-0.2, 0) is 16.0 Å². The van der Waals surface area contributed by atoms with Crippen molar-refractivity contribution >= 4 is 11.8 Å². The molecule has 25 heavy (non-hydrogen) atoms. The van der Waals surface area contributed by atoms with Crippen LogP contribution in [0.15, 0.2) is 34.7 Å². The van der Waals surface area contributed by atoms with E-state index in [4.69, 9.17) is 4.42 Å². The average Bonchev–Trinajstić information content (AvgIpc) is 2.97. The van der Waals surface area contributed by atoms with Gasteiger partial charge in [-0.05, 0) is 19.1 Å². The molecule has 1 saturated heterocycles. The summed E-state index contributed by atoms with van der Waals surface area (Å²) in [6, 6.07) is 9.73. The van der Waals surface area contributed by atoms with E-state index in [0.29, 0.717) is 31.9 Å². The third-order valence-electron chi connectivity index (χ3n) is 4.08. The number of carbonyl (C=O) groups excluding carboxylic acids is 2. The van der Waals surface area contributed by atoms with E-state index in [1.807, 2.05) is 42.2 Å². The molecule has 0 radical (unpaired) electrons. The van der Waals surface area contributed by atoms with E-state index in [0.717, 1.165) is 17.0 Å². The number of carbonyl (C=O) groups is 2. The maximum Gasteiger partial charge on any atom is 0.234 e. The molecule has 1 aliphatic heterocycles. The molecule has 0 bridgehead atoms. The number of aromatic nitrogens is 1. The van der Waals surface area contributed by atoms with E-state index in [2.05, 4.69) is 15.6 Å². The van der Waals surface area contributed by atoms with Crippen molar-refractivity contribution in [3.63, 3.8) is 0 Å². The summed E-state index contributed by atoms with van der Waals surface area (Å²) in [5.74, 6) is 1.24. The van der Waals surface area contributed by atoms with Gasteiger partial charge in [0.2, 0.25) is 17.7 Å². The van der Waals surface area contributed by atoms with Crippen molar-refractivity contribution in [2.24, 2.45) is 0 Å². The molecule has 2 heterocycles. The number of amides is 2. The zero-order valence-corrected chi connectivity index (χ0v) is 14.2. The van der Waals surface area contributed by atoms with Crippen LogP contribution in [0.5, 0.6) is 0 Å². The summed E-state index contributed by atoms with van der Waals surface area (Å²) in [4.78, 5) is 29.7. The number of piperazine rings is 1. The lowest BCUT2D eigenvalue weighted by atomic mass is 10.2. The first-order chi connectivity index (χ1) is 12.1. The largest absolute Gasteiger partial charge is 0.441 e. The van der Waals surface area contributed by atoms with E-state index >= 15 is 0 Å². The minimum absolute atomic E-state index is 0.0364. The summed E-state index contributed by atoms with van der Waals surface area (Å²) in [5, 5.41) is 5.62. The lowest BCUT2D eigenvalue weighted by molar-refractivity contribution is -0.126. The molecule has 1 aromatic heterocycles. The van der Waals surface area contributed by atoms with Crippen molar-refractivity contribution in [3.8, 4) is 11.5 Å². The first kappa shape index (κ1) is 17.2. The van der Waals surface area contributed by atoms with Crippen LogP contribution in [0, 0.1) is 6.92 Å². The fraction of sp³-hybridized carbons (Fsp3) is 0.389.